The van der Waals surface area contributed by atoms with Crippen LogP contribution in [-0.2, 0) is 11.8 Å². The van der Waals surface area contributed by atoms with Crippen LogP contribution in [0.25, 0.3) is 0 Å². The summed E-state index contributed by atoms with van der Waals surface area (Å²) in [4.78, 5) is 2.10. The zero-order valence-corrected chi connectivity index (χ0v) is 12.6. The molecule has 4 aliphatic rings. The van der Waals surface area contributed by atoms with Gasteiger partial charge in [-0.05, 0) is 38.0 Å². The van der Waals surface area contributed by atoms with Gasteiger partial charge < -0.3 is 19.5 Å². The van der Waals surface area contributed by atoms with Crippen LogP contribution in [0.3, 0.4) is 0 Å². The van der Waals surface area contributed by atoms with Gasteiger partial charge in [-0.25, -0.2) is 0 Å². The monoisotopic (exact) mass is 304 g/mol. The van der Waals surface area contributed by atoms with Crippen molar-refractivity contribution in [3.05, 3.63) is 35.4 Å². The molecule has 2 aliphatic carbocycles. The Hall–Kier alpha value is -1.52. The Bertz CT molecular complexity index is 894. The molecule has 116 valence electrons. The molecule has 0 amide bonds. The van der Waals surface area contributed by atoms with E-state index < -0.39 is 23.5 Å². The van der Waals surface area contributed by atoms with E-state index in [1.54, 1.807) is 12.2 Å². The van der Waals surface area contributed by atoms with Crippen LogP contribution < -0.4 is 9.47 Å². The maximum absolute atomic E-state index is 9.46. The highest BCUT2D eigenvalue weighted by atomic mass is 16.5. The average Bonchev–Trinajstić information content (AvgIpc) is 2.89. The Kier molecular flexibility index (Phi) is 1.65. The van der Waals surface area contributed by atoms with Crippen LogP contribution in [0, 0.1) is 5.89 Å². The predicted octanol–water partition coefficient (Wildman–Crippen LogP) is 1.50. The molecule has 5 rings (SSSR count). The molecule has 1 saturated heterocycles. The summed E-state index contributed by atoms with van der Waals surface area (Å²) in [5.74, 6) is -0.762. The minimum absolute atomic E-state index is 0.0677. The zero-order valence-electron chi connectivity index (χ0n) is 17.6. The lowest BCUT2D eigenvalue weighted by Crippen LogP contribution is -2.64. The van der Waals surface area contributed by atoms with E-state index >= 15 is 0 Å². The Balaban J connectivity index is 1.94. The Morgan fingerprint density at radius 2 is 2.45 bits per heavy atom. The normalized spacial score (nSPS) is 50.9. The van der Waals surface area contributed by atoms with Crippen molar-refractivity contribution < 1.29 is 20.1 Å². The van der Waals surface area contributed by atoms with Crippen molar-refractivity contribution in [1.29, 1.82) is 1.43 Å². The van der Waals surface area contributed by atoms with E-state index in [2.05, 4.69) is 4.90 Å². The smallest absolute Gasteiger partial charge is 0.211 e. The molecule has 1 aromatic rings. The summed E-state index contributed by atoms with van der Waals surface area (Å²) in [6.07, 6.45) is 1.54. The van der Waals surface area contributed by atoms with Crippen LogP contribution in [0.1, 0.15) is 23.0 Å². The van der Waals surface area contributed by atoms with E-state index in [9.17, 15) is 2.74 Å². The number of nitrogens with zero attached hydrogens (tertiary/aromatic N) is 1. The van der Waals surface area contributed by atoms with Crippen molar-refractivity contribution in [2.45, 2.75) is 36.5 Å². The van der Waals surface area contributed by atoms with Gasteiger partial charge in [-0.15, -0.1) is 0 Å². The fourth-order valence-electron chi connectivity index (χ4n) is 4.66. The van der Waals surface area contributed by atoms with Crippen molar-refractivity contribution >= 4 is 0 Å². The molecule has 5 atom stereocenters. The number of benzene rings is 1. The molecule has 1 spiro atoms. The Morgan fingerprint density at radius 1 is 1.55 bits per heavy atom. The van der Waals surface area contributed by atoms with E-state index in [1.807, 2.05) is 7.05 Å². The number of methoxy groups -OCH3 is 1. The molecule has 4 heteroatoms. The molecule has 2 heterocycles. The van der Waals surface area contributed by atoms with Crippen molar-refractivity contribution in [2.24, 2.45) is 5.89 Å². The van der Waals surface area contributed by atoms with Crippen LogP contribution in [0.15, 0.2) is 24.2 Å². The summed E-state index contributed by atoms with van der Waals surface area (Å²) < 4.78 is 54.7. The summed E-state index contributed by atoms with van der Waals surface area (Å²) in [6, 6.07) is -0.254. The number of piperidine rings is 1. The summed E-state index contributed by atoms with van der Waals surface area (Å²) in [6.45, 7) is 0.672. The average molecular weight is 304 g/mol. The molecule has 0 saturated carbocycles. The second-order valence-electron chi connectivity index (χ2n) is 6.52. The van der Waals surface area contributed by atoms with Crippen LogP contribution in [0.4, 0.5) is 0 Å². The first kappa shape index (κ1) is 8.94. The number of aliphatic hydroxyl groups excluding tert-OH is 1. The lowest BCUT2D eigenvalue weighted by Gasteiger charge is -2.56. The quantitative estimate of drug-likeness (QED) is 0.841. The van der Waals surface area contributed by atoms with Gasteiger partial charge >= 0.3 is 0 Å². The van der Waals surface area contributed by atoms with Gasteiger partial charge in [0.1, 0.15) is 12.2 Å². The second kappa shape index (κ2) is 4.06. The summed E-state index contributed by atoms with van der Waals surface area (Å²) in [5.41, 5.74) is 0.210. The number of hydrogen-bond donors (Lipinski definition) is 1. The molecule has 2 bridgehead atoms. The van der Waals surface area contributed by atoms with Gasteiger partial charge in [-0.2, -0.15) is 0 Å². The second-order valence-corrected chi connectivity index (χ2v) is 6.52. The van der Waals surface area contributed by atoms with Crippen LogP contribution in [-0.4, -0.2) is 50.4 Å². The van der Waals surface area contributed by atoms with Crippen molar-refractivity contribution in [3.8, 4) is 11.5 Å². The molecular weight excluding hydrogens is 278 g/mol. The van der Waals surface area contributed by atoms with Crippen LogP contribution >= 0.6 is 0 Å². The molecule has 1 aromatic carbocycles. The number of likely N-dealkylation sites (tertiary alicyclic amines) is 1. The van der Waals surface area contributed by atoms with Gasteiger partial charge in [-0.1, -0.05) is 18.2 Å². The van der Waals surface area contributed by atoms with Gasteiger partial charge in [0.05, 0.1) is 11.2 Å². The van der Waals surface area contributed by atoms with Gasteiger partial charge in [0.15, 0.2) is 11.5 Å². The number of rotatable bonds is 2. The van der Waals surface area contributed by atoms with E-state index in [4.69, 9.17) is 18.8 Å². The van der Waals surface area contributed by atoms with Gasteiger partial charge in [-0.3, -0.25) is 0 Å². The van der Waals surface area contributed by atoms with E-state index in [0.29, 0.717) is 30.5 Å². The van der Waals surface area contributed by atoms with Gasteiger partial charge in [0.25, 0.3) is 0 Å². The Labute approximate surface area is 137 Å². The number of hydrogen-bond acceptors (Lipinski definition) is 4. The molecule has 4 nitrogen and oxygen atoms in total. The molecule has 2 aliphatic heterocycles. The highest BCUT2D eigenvalue weighted by Gasteiger charge is 2.64. The summed E-state index contributed by atoms with van der Waals surface area (Å²) in [5, 5.41) is 4.86. The predicted molar refractivity (Wildman–Crippen MR) is 82.5 cm³/mol. The van der Waals surface area contributed by atoms with Crippen molar-refractivity contribution in [3.63, 3.8) is 0 Å². The first-order valence-corrected chi connectivity index (χ1v) is 7.68. The summed E-state index contributed by atoms with van der Waals surface area (Å²) >= 11 is 0. The summed E-state index contributed by atoms with van der Waals surface area (Å²) in [7, 11) is 3.37. The van der Waals surface area contributed by atoms with Gasteiger partial charge in [0.2, 0.25) is 1.43 Å². The standard InChI is InChI=1S/C18H21NO3/c1-19-8-7-18-11-4-5-13(20)17(18)22-16-14(21-2)6-3-10(15(16)18)9-12(11)19/h3-6,11-13,17,20H,7-9H2,1-2H3/t11-,12+,13?,17?,18-/m0/s1/i3D,6D,11D,17D,20D. The number of aliphatic hydroxyl groups is 1. The third-order valence-corrected chi connectivity index (χ3v) is 5.66. The maximum atomic E-state index is 9.46. The highest BCUT2D eigenvalue weighted by molar-refractivity contribution is 5.62. The van der Waals surface area contributed by atoms with E-state index in [0.717, 1.165) is 0 Å². The molecule has 0 radical (unpaired) electrons. The lowest BCUT2D eigenvalue weighted by atomic mass is 9.53. The zero-order chi connectivity index (χ0) is 19.4. The third-order valence-electron chi connectivity index (χ3n) is 5.66. The SMILES string of the molecule is [2H]OC1C=C[C@@]2([2H])[C@H]3Cc4c([2H])c([2H])c(OC)c5c4[C@@]2(CCN3C)C1([2H])O5. The largest absolute Gasteiger partial charge is 0.493 e. The first-order valence-electron chi connectivity index (χ1n) is 10.1. The minimum atomic E-state index is -1.73. The Morgan fingerprint density at radius 3 is 3.27 bits per heavy atom. The fraction of sp³-hybridized carbons (Fsp3) is 0.556. The van der Waals surface area contributed by atoms with Crippen LogP contribution in [0.5, 0.6) is 11.5 Å². The van der Waals surface area contributed by atoms with E-state index in [1.165, 1.54) is 7.11 Å². The maximum Gasteiger partial charge on any atom is 0.211 e. The molecule has 0 aromatic heterocycles. The van der Waals surface area contributed by atoms with Gasteiger partial charge in [0, 0.05) is 24.3 Å². The molecule has 22 heavy (non-hydrogen) atoms. The number of ether oxygens (including phenoxy) is 2. The minimum Gasteiger partial charge on any atom is -0.493 e. The third kappa shape index (κ3) is 1.28. The van der Waals surface area contributed by atoms with Crippen LogP contribution in [0.2, 0.25) is 0 Å². The lowest BCUT2D eigenvalue weighted by molar-refractivity contribution is -0.0453. The van der Waals surface area contributed by atoms with E-state index in [-0.39, 0.29) is 29.6 Å². The fourth-order valence-corrected chi connectivity index (χ4v) is 4.66. The number of likely N-dealkylation sites (N-methyl/N-ethyl adjacent to an activating group) is 1. The molecular formula is C18H21NO3. The molecule has 1 fully saturated rings. The highest BCUT2D eigenvalue weighted by Crippen LogP contribution is 2.62. The first-order chi connectivity index (χ1) is 12.8. The topological polar surface area (TPSA) is 41.9 Å². The molecule has 2 unspecified atom stereocenters. The molecule has 1 N–H and O–H groups in total. The van der Waals surface area contributed by atoms with Crippen molar-refractivity contribution in [1.82, 2.24) is 4.90 Å². The van der Waals surface area contributed by atoms with Crippen molar-refractivity contribution in [2.75, 3.05) is 20.7 Å².